The van der Waals surface area contributed by atoms with Crippen molar-refractivity contribution in [3.63, 3.8) is 0 Å². The Morgan fingerprint density at radius 1 is 1.16 bits per heavy atom. The average Bonchev–Trinajstić information content (AvgIpc) is 2.58. The van der Waals surface area contributed by atoms with E-state index < -0.39 is 0 Å². The molecule has 1 saturated heterocycles. The number of benzene rings is 2. The number of hydrogen-bond donors (Lipinski definition) is 2. The molecular formula is C21H27N3O. The number of nitrogens with zero attached hydrogens (tertiary/aromatic N) is 1. The number of carbonyl (C=O) groups is 1. The van der Waals surface area contributed by atoms with E-state index in [-0.39, 0.29) is 5.91 Å². The second kappa shape index (κ2) is 7.18. The predicted molar refractivity (Wildman–Crippen MR) is 105 cm³/mol. The highest BCUT2D eigenvalue weighted by molar-refractivity contribution is 6.07. The number of nitrogens with one attached hydrogen (secondary N) is 1. The Morgan fingerprint density at radius 2 is 1.92 bits per heavy atom. The molecule has 1 heterocycles. The minimum absolute atomic E-state index is 0.119. The Morgan fingerprint density at radius 3 is 2.64 bits per heavy atom. The van der Waals surface area contributed by atoms with E-state index >= 15 is 0 Å². The standard InChI is InChI=1S/C21H27N3O/c1-14-8-4-5-10-17(14)21(25)23-19-13-20(15(2)12-18(19)22)24-11-7-6-9-16(24)3/h4-5,8,10,12-13,16H,6-7,9,11,22H2,1-3H3,(H,23,25). The van der Waals surface area contributed by atoms with Crippen molar-refractivity contribution in [2.45, 2.75) is 46.1 Å². The number of rotatable bonds is 3. The van der Waals surface area contributed by atoms with Crippen molar-refractivity contribution in [3.8, 4) is 0 Å². The quantitative estimate of drug-likeness (QED) is 0.810. The van der Waals surface area contributed by atoms with Crippen LogP contribution < -0.4 is 16.0 Å². The summed E-state index contributed by atoms with van der Waals surface area (Å²) in [5.74, 6) is -0.119. The third kappa shape index (κ3) is 3.63. The van der Waals surface area contributed by atoms with Gasteiger partial charge in [0.2, 0.25) is 0 Å². The highest BCUT2D eigenvalue weighted by Crippen LogP contribution is 2.33. The van der Waals surface area contributed by atoms with Gasteiger partial charge in [-0.3, -0.25) is 4.79 Å². The number of amides is 1. The summed E-state index contributed by atoms with van der Waals surface area (Å²) in [6.07, 6.45) is 3.69. The smallest absolute Gasteiger partial charge is 0.255 e. The first-order valence-corrected chi connectivity index (χ1v) is 9.01. The molecule has 4 nitrogen and oxygen atoms in total. The fourth-order valence-electron chi connectivity index (χ4n) is 3.61. The summed E-state index contributed by atoms with van der Waals surface area (Å²) in [7, 11) is 0. The Labute approximate surface area is 150 Å². The molecule has 1 unspecified atom stereocenters. The summed E-state index contributed by atoms with van der Waals surface area (Å²) in [5.41, 5.74) is 11.4. The summed E-state index contributed by atoms with van der Waals surface area (Å²) < 4.78 is 0. The molecule has 4 heteroatoms. The highest BCUT2D eigenvalue weighted by atomic mass is 16.1. The molecule has 1 fully saturated rings. The number of aryl methyl sites for hydroxylation is 2. The first-order valence-electron chi connectivity index (χ1n) is 9.01. The second-order valence-corrected chi connectivity index (χ2v) is 7.03. The Balaban J connectivity index is 1.90. The van der Waals surface area contributed by atoms with Crippen LogP contribution >= 0.6 is 0 Å². The van der Waals surface area contributed by atoms with Gasteiger partial charge in [-0.2, -0.15) is 0 Å². The van der Waals surface area contributed by atoms with Gasteiger partial charge in [-0.05, 0) is 69.4 Å². The van der Waals surface area contributed by atoms with Crippen molar-refractivity contribution in [1.82, 2.24) is 0 Å². The molecule has 1 amide bonds. The van der Waals surface area contributed by atoms with E-state index in [1.54, 1.807) is 0 Å². The molecular weight excluding hydrogens is 310 g/mol. The number of carbonyl (C=O) groups excluding carboxylic acids is 1. The molecule has 0 saturated carbocycles. The van der Waals surface area contributed by atoms with Crippen LogP contribution in [0.15, 0.2) is 36.4 Å². The first kappa shape index (κ1) is 17.3. The van der Waals surface area contributed by atoms with Crippen LogP contribution in [0.3, 0.4) is 0 Å². The van der Waals surface area contributed by atoms with Gasteiger partial charge in [0.25, 0.3) is 5.91 Å². The van der Waals surface area contributed by atoms with Gasteiger partial charge in [-0.1, -0.05) is 18.2 Å². The monoisotopic (exact) mass is 337 g/mol. The summed E-state index contributed by atoms with van der Waals surface area (Å²) in [6.45, 7) is 7.34. The molecule has 3 rings (SSSR count). The average molecular weight is 337 g/mol. The van der Waals surface area contributed by atoms with Crippen LogP contribution in [0.1, 0.15) is 47.7 Å². The lowest BCUT2D eigenvalue weighted by atomic mass is 10.0. The summed E-state index contributed by atoms with van der Waals surface area (Å²) in [5, 5.41) is 3.00. The molecule has 0 radical (unpaired) electrons. The Hall–Kier alpha value is -2.49. The maximum Gasteiger partial charge on any atom is 0.255 e. The number of nitrogen functional groups attached to an aromatic ring is 1. The van der Waals surface area contributed by atoms with Gasteiger partial charge in [-0.15, -0.1) is 0 Å². The second-order valence-electron chi connectivity index (χ2n) is 7.03. The molecule has 1 atom stereocenters. The van der Waals surface area contributed by atoms with Gasteiger partial charge in [-0.25, -0.2) is 0 Å². The minimum Gasteiger partial charge on any atom is -0.397 e. The fourth-order valence-corrected chi connectivity index (χ4v) is 3.61. The van der Waals surface area contributed by atoms with Crippen LogP contribution in [0, 0.1) is 13.8 Å². The Bertz CT molecular complexity index is 785. The molecule has 0 aliphatic carbocycles. The maximum absolute atomic E-state index is 12.6. The minimum atomic E-state index is -0.119. The lowest BCUT2D eigenvalue weighted by Crippen LogP contribution is -2.37. The first-order chi connectivity index (χ1) is 12.0. The number of anilines is 3. The van der Waals surface area contributed by atoms with Crippen LogP contribution in [0.5, 0.6) is 0 Å². The third-order valence-corrected chi connectivity index (χ3v) is 5.12. The van der Waals surface area contributed by atoms with Crippen LogP contribution in [0.25, 0.3) is 0 Å². The Kier molecular flexibility index (Phi) is 4.98. The lowest BCUT2D eigenvalue weighted by molar-refractivity contribution is 0.102. The van der Waals surface area contributed by atoms with E-state index in [2.05, 4.69) is 24.1 Å². The van der Waals surface area contributed by atoms with E-state index in [1.165, 1.54) is 24.9 Å². The lowest BCUT2D eigenvalue weighted by Gasteiger charge is -2.36. The largest absolute Gasteiger partial charge is 0.397 e. The summed E-state index contributed by atoms with van der Waals surface area (Å²) >= 11 is 0. The van der Waals surface area contributed by atoms with Gasteiger partial charge in [0.1, 0.15) is 0 Å². The van der Waals surface area contributed by atoms with Gasteiger partial charge in [0, 0.05) is 23.8 Å². The molecule has 25 heavy (non-hydrogen) atoms. The van der Waals surface area contributed by atoms with E-state index in [9.17, 15) is 4.79 Å². The van der Waals surface area contributed by atoms with E-state index in [0.29, 0.717) is 23.0 Å². The van der Waals surface area contributed by atoms with Crippen molar-refractivity contribution in [1.29, 1.82) is 0 Å². The van der Waals surface area contributed by atoms with Crippen molar-refractivity contribution in [3.05, 3.63) is 53.1 Å². The molecule has 2 aromatic rings. The molecule has 0 spiro atoms. The van der Waals surface area contributed by atoms with Gasteiger partial charge in [0.15, 0.2) is 0 Å². The summed E-state index contributed by atoms with van der Waals surface area (Å²) in [6, 6.07) is 12.1. The van der Waals surface area contributed by atoms with Crippen molar-refractivity contribution in [2.24, 2.45) is 0 Å². The summed E-state index contributed by atoms with van der Waals surface area (Å²) in [4.78, 5) is 15.1. The zero-order chi connectivity index (χ0) is 18.0. The third-order valence-electron chi connectivity index (χ3n) is 5.12. The van der Waals surface area contributed by atoms with Crippen molar-refractivity contribution in [2.75, 3.05) is 22.5 Å². The SMILES string of the molecule is Cc1ccccc1C(=O)Nc1cc(N2CCCCC2C)c(C)cc1N. The maximum atomic E-state index is 12.6. The fraction of sp³-hybridized carbons (Fsp3) is 0.381. The van der Waals surface area contributed by atoms with Crippen molar-refractivity contribution >= 4 is 23.0 Å². The van der Waals surface area contributed by atoms with Crippen LogP contribution in [-0.2, 0) is 0 Å². The molecule has 1 aliphatic rings. The normalized spacial score (nSPS) is 17.4. The topological polar surface area (TPSA) is 58.4 Å². The zero-order valence-electron chi connectivity index (χ0n) is 15.3. The van der Waals surface area contributed by atoms with E-state index in [0.717, 1.165) is 17.7 Å². The highest BCUT2D eigenvalue weighted by Gasteiger charge is 2.21. The van der Waals surface area contributed by atoms with E-state index in [1.807, 2.05) is 43.3 Å². The molecule has 0 aromatic heterocycles. The number of piperidine rings is 1. The van der Waals surface area contributed by atoms with Crippen molar-refractivity contribution < 1.29 is 4.79 Å². The molecule has 0 bridgehead atoms. The predicted octanol–water partition coefficient (Wildman–Crippen LogP) is 4.52. The van der Waals surface area contributed by atoms with E-state index in [4.69, 9.17) is 5.73 Å². The van der Waals surface area contributed by atoms with Gasteiger partial charge in [0.05, 0.1) is 11.4 Å². The van der Waals surface area contributed by atoms with Crippen LogP contribution in [-0.4, -0.2) is 18.5 Å². The van der Waals surface area contributed by atoms with Gasteiger partial charge < -0.3 is 16.0 Å². The zero-order valence-corrected chi connectivity index (χ0v) is 15.3. The number of nitrogens with two attached hydrogens (primary N) is 1. The molecule has 2 aromatic carbocycles. The molecule has 1 aliphatic heterocycles. The number of hydrogen-bond acceptors (Lipinski definition) is 3. The van der Waals surface area contributed by atoms with Gasteiger partial charge >= 0.3 is 0 Å². The molecule has 3 N–H and O–H groups in total. The molecule has 132 valence electrons. The van der Waals surface area contributed by atoms with Crippen LogP contribution in [0.2, 0.25) is 0 Å². The van der Waals surface area contributed by atoms with Crippen LogP contribution in [0.4, 0.5) is 17.1 Å².